The van der Waals surface area contributed by atoms with Gasteiger partial charge in [0, 0.05) is 6.54 Å². The van der Waals surface area contributed by atoms with Crippen LogP contribution < -0.4 is 5.73 Å². The molecule has 0 aromatic carbocycles. The van der Waals surface area contributed by atoms with Gasteiger partial charge in [0.1, 0.15) is 0 Å². The minimum absolute atomic E-state index is 0.589. The molecule has 60 valence electrons. The lowest BCUT2D eigenvalue weighted by molar-refractivity contribution is 0.417. The fourth-order valence-electron chi connectivity index (χ4n) is 1.56. The van der Waals surface area contributed by atoms with Gasteiger partial charge in [-0.25, -0.2) is 0 Å². The van der Waals surface area contributed by atoms with E-state index in [1.54, 1.807) is 0 Å². The lowest BCUT2D eigenvalue weighted by atomic mass is 9.80. The summed E-state index contributed by atoms with van der Waals surface area (Å²) in [7, 11) is 0. The SMILES string of the molecule is NCc1[nH]ncc1C1CCC1. The highest BCUT2D eigenvalue weighted by Gasteiger charge is 2.22. The molecule has 1 aromatic rings. The molecule has 1 fully saturated rings. The number of nitrogens with zero attached hydrogens (tertiary/aromatic N) is 1. The van der Waals surface area contributed by atoms with Gasteiger partial charge in [0.05, 0.1) is 11.9 Å². The van der Waals surface area contributed by atoms with Gasteiger partial charge < -0.3 is 5.73 Å². The zero-order valence-electron chi connectivity index (χ0n) is 6.51. The van der Waals surface area contributed by atoms with Gasteiger partial charge in [-0.1, -0.05) is 6.42 Å². The maximum absolute atomic E-state index is 5.54. The summed E-state index contributed by atoms with van der Waals surface area (Å²) >= 11 is 0. The lowest BCUT2D eigenvalue weighted by Gasteiger charge is -2.24. The van der Waals surface area contributed by atoms with E-state index in [-0.39, 0.29) is 0 Å². The van der Waals surface area contributed by atoms with Gasteiger partial charge in [0.25, 0.3) is 0 Å². The Kier molecular flexibility index (Phi) is 1.66. The molecule has 0 atom stereocenters. The number of nitrogens with one attached hydrogen (secondary N) is 1. The van der Waals surface area contributed by atoms with E-state index in [0.717, 1.165) is 11.6 Å². The molecular weight excluding hydrogens is 138 g/mol. The van der Waals surface area contributed by atoms with Crippen molar-refractivity contribution in [2.75, 3.05) is 0 Å². The van der Waals surface area contributed by atoms with E-state index in [2.05, 4.69) is 10.2 Å². The molecule has 0 amide bonds. The third-order valence-corrected chi connectivity index (χ3v) is 2.50. The van der Waals surface area contributed by atoms with Crippen LogP contribution in [-0.4, -0.2) is 10.2 Å². The van der Waals surface area contributed by atoms with Crippen LogP contribution in [0.1, 0.15) is 36.4 Å². The van der Waals surface area contributed by atoms with E-state index >= 15 is 0 Å². The molecule has 3 N–H and O–H groups in total. The topological polar surface area (TPSA) is 54.7 Å². The smallest absolute Gasteiger partial charge is 0.0525 e. The molecule has 1 aromatic heterocycles. The van der Waals surface area contributed by atoms with Crippen molar-refractivity contribution in [3.8, 4) is 0 Å². The van der Waals surface area contributed by atoms with Crippen LogP contribution in [0.2, 0.25) is 0 Å². The molecule has 0 saturated heterocycles. The average molecular weight is 151 g/mol. The predicted octanol–water partition coefficient (Wildman–Crippen LogP) is 1.14. The van der Waals surface area contributed by atoms with Gasteiger partial charge in [-0.2, -0.15) is 5.10 Å². The van der Waals surface area contributed by atoms with Gasteiger partial charge in [0.2, 0.25) is 0 Å². The van der Waals surface area contributed by atoms with Crippen LogP contribution in [0.25, 0.3) is 0 Å². The Balaban J connectivity index is 2.20. The second-order valence-corrected chi connectivity index (χ2v) is 3.14. The van der Waals surface area contributed by atoms with Crippen molar-refractivity contribution < 1.29 is 0 Å². The summed E-state index contributed by atoms with van der Waals surface area (Å²) in [6.07, 6.45) is 5.91. The normalized spacial score (nSPS) is 18.3. The van der Waals surface area contributed by atoms with Crippen LogP contribution in [0.5, 0.6) is 0 Å². The maximum Gasteiger partial charge on any atom is 0.0525 e. The van der Waals surface area contributed by atoms with Crippen LogP contribution in [0.15, 0.2) is 6.20 Å². The minimum atomic E-state index is 0.589. The number of rotatable bonds is 2. The average Bonchev–Trinajstić information content (AvgIpc) is 2.32. The Bertz CT molecular complexity index is 237. The molecule has 1 aliphatic carbocycles. The Hall–Kier alpha value is -0.830. The Morgan fingerprint density at radius 3 is 3.00 bits per heavy atom. The van der Waals surface area contributed by atoms with Gasteiger partial charge in [-0.3, -0.25) is 5.10 Å². The van der Waals surface area contributed by atoms with Gasteiger partial charge in [-0.15, -0.1) is 0 Å². The second kappa shape index (κ2) is 2.66. The molecule has 0 unspecified atom stereocenters. The zero-order valence-corrected chi connectivity index (χ0v) is 6.51. The summed E-state index contributed by atoms with van der Waals surface area (Å²) in [5, 5.41) is 6.92. The number of aromatic amines is 1. The van der Waals surface area contributed by atoms with Crippen molar-refractivity contribution in [2.24, 2.45) is 5.73 Å². The zero-order chi connectivity index (χ0) is 7.68. The first kappa shape index (κ1) is 6.85. The van der Waals surface area contributed by atoms with Crippen LogP contribution >= 0.6 is 0 Å². The summed E-state index contributed by atoms with van der Waals surface area (Å²) in [5.41, 5.74) is 8.01. The molecule has 2 rings (SSSR count). The molecule has 0 aliphatic heterocycles. The van der Waals surface area contributed by atoms with Crippen molar-refractivity contribution in [1.82, 2.24) is 10.2 Å². The summed E-state index contributed by atoms with van der Waals surface area (Å²) < 4.78 is 0. The van der Waals surface area contributed by atoms with Crippen LogP contribution in [0.4, 0.5) is 0 Å². The Morgan fingerprint density at radius 1 is 1.64 bits per heavy atom. The predicted molar refractivity (Wildman–Crippen MR) is 43.1 cm³/mol. The third-order valence-electron chi connectivity index (χ3n) is 2.50. The molecule has 1 aliphatic rings. The van der Waals surface area contributed by atoms with Crippen molar-refractivity contribution in [3.63, 3.8) is 0 Å². The highest BCUT2D eigenvalue weighted by molar-refractivity contribution is 5.22. The number of hydrogen-bond acceptors (Lipinski definition) is 2. The summed E-state index contributed by atoms with van der Waals surface area (Å²) in [6, 6.07) is 0. The molecular formula is C8H13N3. The van der Waals surface area contributed by atoms with Crippen LogP contribution in [0.3, 0.4) is 0 Å². The molecule has 3 nitrogen and oxygen atoms in total. The van der Waals surface area contributed by atoms with E-state index in [4.69, 9.17) is 5.73 Å². The number of aromatic nitrogens is 2. The minimum Gasteiger partial charge on any atom is -0.325 e. The maximum atomic E-state index is 5.54. The molecule has 1 saturated carbocycles. The van der Waals surface area contributed by atoms with Crippen molar-refractivity contribution >= 4 is 0 Å². The van der Waals surface area contributed by atoms with E-state index in [0.29, 0.717) is 6.54 Å². The van der Waals surface area contributed by atoms with Gasteiger partial charge in [-0.05, 0) is 24.3 Å². The molecule has 11 heavy (non-hydrogen) atoms. The number of H-pyrrole nitrogens is 1. The molecule has 1 heterocycles. The third kappa shape index (κ3) is 1.05. The van der Waals surface area contributed by atoms with E-state index in [1.165, 1.54) is 24.8 Å². The summed E-state index contributed by atoms with van der Waals surface area (Å²) in [4.78, 5) is 0. The molecule has 0 radical (unpaired) electrons. The fourth-order valence-corrected chi connectivity index (χ4v) is 1.56. The van der Waals surface area contributed by atoms with Crippen molar-refractivity contribution in [2.45, 2.75) is 31.7 Å². The summed E-state index contributed by atoms with van der Waals surface area (Å²) in [6.45, 7) is 0.589. The van der Waals surface area contributed by atoms with Crippen molar-refractivity contribution in [3.05, 3.63) is 17.5 Å². The second-order valence-electron chi connectivity index (χ2n) is 3.14. The molecule has 3 heteroatoms. The largest absolute Gasteiger partial charge is 0.325 e. The lowest BCUT2D eigenvalue weighted by Crippen LogP contribution is -2.11. The summed E-state index contributed by atoms with van der Waals surface area (Å²) in [5.74, 6) is 0.743. The van der Waals surface area contributed by atoms with E-state index < -0.39 is 0 Å². The Morgan fingerprint density at radius 2 is 2.45 bits per heavy atom. The first-order valence-electron chi connectivity index (χ1n) is 4.14. The monoisotopic (exact) mass is 151 g/mol. The van der Waals surface area contributed by atoms with Crippen LogP contribution in [0, 0.1) is 0 Å². The molecule has 0 bridgehead atoms. The van der Waals surface area contributed by atoms with Gasteiger partial charge >= 0.3 is 0 Å². The molecule has 0 spiro atoms. The number of hydrogen-bond donors (Lipinski definition) is 2. The number of nitrogens with two attached hydrogens (primary N) is 1. The van der Waals surface area contributed by atoms with Gasteiger partial charge in [0.15, 0.2) is 0 Å². The van der Waals surface area contributed by atoms with Crippen molar-refractivity contribution in [1.29, 1.82) is 0 Å². The standard InChI is InChI=1S/C8H13N3/c9-4-8-7(5-10-11-8)6-2-1-3-6/h5-6H,1-4,9H2,(H,10,11). The van der Waals surface area contributed by atoms with Crippen LogP contribution in [-0.2, 0) is 6.54 Å². The van der Waals surface area contributed by atoms with E-state index in [1.807, 2.05) is 6.20 Å². The quantitative estimate of drug-likeness (QED) is 0.665. The highest BCUT2D eigenvalue weighted by atomic mass is 15.1. The highest BCUT2D eigenvalue weighted by Crippen LogP contribution is 2.37. The van der Waals surface area contributed by atoms with E-state index in [9.17, 15) is 0 Å². The fraction of sp³-hybridized carbons (Fsp3) is 0.625. The first-order chi connectivity index (χ1) is 5.42. The Labute approximate surface area is 66.0 Å². The first-order valence-corrected chi connectivity index (χ1v) is 4.14.